The first kappa shape index (κ1) is 16.4. The zero-order valence-electron chi connectivity index (χ0n) is 12.2. The van der Waals surface area contributed by atoms with Crippen molar-refractivity contribution >= 4 is 5.69 Å². The summed E-state index contributed by atoms with van der Waals surface area (Å²) in [7, 11) is 1.47. The van der Waals surface area contributed by atoms with E-state index in [1.807, 2.05) is 13.8 Å². The lowest BCUT2D eigenvalue weighted by atomic mass is 9.96. The third kappa shape index (κ3) is 4.47. The largest absolute Gasteiger partial charge is 0.496 e. The van der Waals surface area contributed by atoms with Crippen LogP contribution >= 0.6 is 0 Å². The van der Waals surface area contributed by atoms with Crippen LogP contribution in [0.1, 0.15) is 32.3 Å². The molecule has 6 heteroatoms. The van der Waals surface area contributed by atoms with Gasteiger partial charge in [0, 0.05) is 11.6 Å². The molecular formula is C14H22N2O4. The van der Waals surface area contributed by atoms with Crippen molar-refractivity contribution in [1.82, 2.24) is 0 Å². The number of non-ortho nitro benzene ring substituents is 1. The monoisotopic (exact) mass is 282 g/mol. The minimum Gasteiger partial charge on any atom is -0.496 e. The molecule has 0 aromatic heterocycles. The van der Waals surface area contributed by atoms with Crippen LogP contribution in [0.2, 0.25) is 0 Å². The lowest BCUT2D eigenvalue weighted by Gasteiger charge is -2.26. The summed E-state index contributed by atoms with van der Waals surface area (Å²) in [5.74, 6) is 0.447. The average molecular weight is 282 g/mol. The molecule has 0 radical (unpaired) electrons. The van der Waals surface area contributed by atoms with Gasteiger partial charge in [0.15, 0.2) is 0 Å². The summed E-state index contributed by atoms with van der Waals surface area (Å²) < 4.78 is 10.6. The number of hydrogen-bond acceptors (Lipinski definition) is 5. The number of rotatable bonds is 8. The molecule has 6 nitrogen and oxygen atoms in total. The van der Waals surface area contributed by atoms with Crippen molar-refractivity contribution in [2.45, 2.75) is 38.8 Å². The van der Waals surface area contributed by atoms with Crippen LogP contribution in [-0.4, -0.2) is 24.2 Å². The average Bonchev–Trinajstić information content (AvgIpc) is 2.46. The Kier molecular flexibility index (Phi) is 5.91. The Labute approximate surface area is 119 Å². The first-order chi connectivity index (χ1) is 9.44. The zero-order valence-corrected chi connectivity index (χ0v) is 12.2. The fourth-order valence-corrected chi connectivity index (χ4v) is 1.78. The van der Waals surface area contributed by atoms with Crippen LogP contribution in [0.3, 0.4) is 0 Å². The van der Waals surface area contributed by atoms with Gasteiger partial charge in [-0.25, -0.2) is 0 Å². The van der Waals surface area contributed by atoms with Crippen LogP contribution in [0.15, 0.2) is 18.2 Å². The molecule has 1 aromatic rings. The summed E-state index contributed by atoms with van der Waals surface area (Å²) in [6.07, 6.45) is 1.64. The molecule has 0 heterocycles. The van der Waals surface area contributed by atoms with Gasteiger partial charge in [-0.3, -0.25) is 10.1 Å². The second kappa shape index (κ2) is 7.21. The van der Waals surface area contributed by atoms with E-state index in [1.54, 1.807) is 6.07 Å². The predicted molar refractivity (Wildman–Crippen MR) is 76.8 cm³/mol. The van der Waals surface area contributed by atoms with E-state index in [-0.39, 0.29) is 17.8 Å². The topological polar surface area (TPSA) is 87.6 Å². The Morgan fingerprint density at radius 2 is 1.95 bits per heavy atom. The molecule has 20 heavy (non-hydrogen) atoms. The number of hydrogen-bond donors (Lipinski definition) is 1. The lowest BCUT2D eigenvalue weighted by molar-refractivity contribution is -0.385. The van der Waals surface area contributed by atoms with Crippen molar-refractivity contribution in [1.29, 1.82) is 0 Å². The molecule has 0 saturated carbocycles. The number of ether oxygens (including phenoxy) is 2. The van der Waals surface area contributed by atoms with Gasteiger partial charge in [0.1, 0.15) is 5.75 Å². The Bertz CT molecular complexity index is 458. The van der Waals surface area contributed by atoms with Crippen LogP contribution in [0, 0.1) is 10.1 Å². The van der Waals surface area contributed by atoms with Crippen molar-refractivity contribution in [2.24, 2.45) is 5.73 Å². The summed E-state index contributed by atoms with van der Waals surface area (Å²) in [6.45, 7) is 4.73. The van der Waals surface area contributed by atoms with E-state index in [0.29, 0.717) is 17.9 Å². The highest BCUT2D eigenvalue weighted by atomic mass is 16.6. The van der Waals surface area contributed by atoms with E-state index in [9.17, 15) is 10.1 Å². The molecule has 0 unspecified atom stereocenters. The molecule has 0 aliphatic rings. The maximum atomic E-state index is 10.8. The van der Waals surface area contributed by atoms with Gasteiger partial charge < -0.3 is 15.2 Å². The summed E-state index contributed by atoms with van der Waals surface area (Å²) >= 11 is 0. The van der Waals surface area contributed by atoms with E-state index < -0.39 is 4.92 Å². The smallest absolute Gasteiger partial charge is 0.273 e. The van der Waals surface area contributed by atoms with Crippen LogP contribution < -0.4 is 10.5 Å². The second-order valence-electron chi connectivity index (χ2n) is 4.86. The Balaban J connectivity index is 2.72. The summed E-state index contributed by atoms with van der Waals surface area (Å²) in [4.78, 5) is 10.4. The maximum absolute atomic E-state index is 10.8. The number of nitro groups is 1. The number of nitrogens with two attached hydrogens (primary N) is 1. The van der Waals surface area contributed by atoms with E-state index >= 15 is 0 Å². The summed E-state index contributed by atoms with van der Waals surface area (Å²) in [6, 6.07) is 4.59. The van der Waals surface area contributed by atoms with Crippen LogP contribution in [0.4, 0.5) is 5.69 Å². The number of benzene rings is 1. The number of methoxy groups -OCH3 is 1. The number of nitrogens with zero attached hydrogens (tertiary/aromatic N) is 1. The van der Waals surface area contributed by atoms with Crippen molar-refractivity contribution < 1.29 is 14.4 Å². The number of nitro benzene ring substituents is 1. The normalized spacial score (nSPS) is 11.4. The standard InChI is InChI=1S/C14H22N2O4/c1-4-14(15,5-2)10-20-9-11-6-12(16(17)18)8-13(7-11)19-3/h6-8H,4-5,9-10,15H2,1-3H3. The molecule has 112 valence electrons. The molecule has 0 fully saturated rings. The second-order valence-corrected chi connectivity index (χ2v) is 4.86. The van der Waals surface area contributed by atoms with E-state index in [4.69, 9.17) is 15.2 Å². The first-order valence-corrected chi connectivity index (χ1v) is 6.63. The van der Waals surface area contributed by atoms with Crippen molar-refractivity contribution in [3.05, 3.63) is 33.9 Å². The highest BCUT2D eigenvalue weighted by molar-refractivity contribution is 5.42. The zero-order chi connectivity index (χ0) is 15.2. The van der Waals surface area contributed by atoms with Gasteiger partial charge in [-0.1, -0.05) is 13.8 Å². The van der Waals surface area contributed by atoms with Crippen molar-refractivity contribution in [3.8, 4) is 5.75 Å². The van der Waals surface area contributed by atoms with E-state index in [2.05, 4.69) is 0 Å². The molecule has 2 N–H and O–H groups in total. The highest BCUT2D eigenvalue weighted by Gasteiger charge is 2.20. The van der Waals surface area contributed by atoms with Gasteiger partial charge in [0.2, 0.25) is 0 Å². The van der Waals surface area contributed by atoms with Crippen LogP contribution in [0.5, 0.6) is 5.75 Å². The molecule has 0 atom stereocenters. The minimum absolute atomic E-state index is 0.00653. The van der Waals surface area contributed by atoms with E-state index in [0.717, 1.165) is 12.8 Å². The molecule has 1 aromatic carbocycles. The molecule has 0 amide bonds. The summed E-state index contributed by atoms with van der Waals surface area (Å²) in [5, 5.41) is 10.8. The quantitative estimate of drug-likeness (QED) is 0.585. The fraction of sp³-hybridized carbons (Fsp3) is 0.571. The Hall–Kier alpha value is -1.66. The van der Waals surface area contributed by atoms with Crippen molar-refractivity contribution in [2.75, 3.05) is 13.7 Å². The minimum atomic E-state index is -0.447. The van der Waals surface area contributed by atoms with Gasteiger partial charge in [0.05, 0.1) is 31.3 Å². The third-order valence-corrected chi connectivity index (χ3v) is 3.46. The third-order valence-electron chi connectivity index (χ3n) is 3.46. The molecule has 0 bridgehead atoms. The molecule has 0 spiro atoms. The molecular weight excluding hydrogens is 260 g/mol. The van der Waals surface area contributed by atoms with Gasteiger partial charge in [-0.05, 0) is 24.5 Å². The Morgan fingerprint density at radius 3 is 2.45 bits per heavy atom. The first-order valence-electron chi connectivity index (χ1n) is 6.63. The van der Waals surface area contributed by atoms with Crippen LogP contribution in [-0.2, 0) is 11.3 Å². The van der Waals surface area contributed by atoms with Crippen LogP contribution in [0.25, 0.3) is 0 Å². The van der Waals surface area contributed by atoms with Gasteiger partial charge in [-0.15, -0.1) is 0 Å². The highest BCUT2D eigenvalue weighted by Crippen LogP contribution is 2.23. The fourth-order valence-electron chi connectivity index (χ4n) is 1.78. The lowest BCUT2D eigenvalue weighted by Crippen LogP contribution is -2.43. The molecule has 0 saturated heterocycles. The Morgan fingerprint density at radius 1 is 1.30 bits per heavy atom. The van der Waals surface area contributed by atoms with Crippen molar-refractivity contribution in [3.63, 3.8) is 0 Å². The predicted octanol–water partition coefficient (Wildman–Crippen LogP) is 2.64. The van der Waals surface area contributed by atoms with Gasteiger partial charge in [0.25, 0.3) is 5.69 Å². The van der Waals surface area contributed by atoms with Gasteiger partial charge in [-0.2, -0.15) is 0 Å². The SMILES string of the molecule is CCC(N)(CC)COCc1cc(OC)cc([N+](=O)[O-])c1. The van der Waals surface area contributed by atoms with E-state index in [1.165, 1.54) is 19.2 Å². The maximum Gasteiger partial charge on any atom is 0.273 e. The molecule has 0 aliphatic carbocycles. The molecule has 0 aliphatic heterocycles. The van der Waals surface area contributed by atoms with Gasteiger partial charge >= 0.3 is 0 Å². The summed E-state index contributed by atoms with van der Waals surface area (Å²) in [5.41, 5.74) is 6.49. The molecule has 1 rings (SSSR count).